The Bertz CT molecular complexity index is 1340. The summed E-state index contributed by atoms with van der Waals surface area (Å²) in [4.78, 5) is 0. The molecule has 0 heterocycles. The Morgan fingerprint density at radius 1 is 0.886 bits per heavy atom. The molecule has 0 saturated heterocycles. The number of hydrogen-bond donors (Lipinski definition) is 2. The minimum atomic E-state index is -5.62. The number of fused-ring (bicyclic) bond motifs is 1. The van der Waals surface area contributed by atoms with Crippen molar-refractivity contribution in [1.29, 1.82) is 0 Å². The number of nitrogens with one attached hydrogen (secondary N) is 1. The largest absolute Gasteiger partial charge is 0.508 e. The molecule has 4 nitrogen and oxygen atoms in total. The van der Waals surface area contributed by atoms with Crippen molar-refractivity contribution >= 4 is 21.0 Å². The molecule has 44 heavy (non-hydrogen) atoms. The van der Waals surface area contributed by atoms with Gasteiger partial charge in [-0.05, 0) is 123 Å². The van der Waals surface area contributed by atoms with E-state index >= 15 is 0 Å². The van der Waals surface area contributed by atoms with Crippen LogP contribution in [-0.2, 0) is 16.3 Å². The number of aryl methyl sites for hydroxylation is 1. The number of benzene rings is 2. The molecular formula is C33H43F6NO3S. The normalized spacial score (nSPS) is 15.2. The molecule has 0 amide bonds. The van der Waals surface area contributed by atoms with E-state index in [1.165, 1.54) is 23.3 Å². The Labute approximate surface area is 256 Å². The van der Waals surface area contributed by atoms with Gasteiger partial charge in [-0.25, -0.2) is 12.8 Å². The lowest BCUT2D eigenvalue weighted by Crippen LogP contribution is -2.36. The van der Waals surface area contributed by atoms with Gasteiger partial charge in [-0.1, -0.05) is 31.0 Å². The summed E-state index contributed by atoms with van der Waals surface area (Å²) >= 11 is 0. The molecular weight excluding hydrogens is 604 g/mol. The molecule has 3 rings (SSSR count). The van der Waals surface area contributed by atoms with Crippen molar-refractivity contribution in [3.63, 3.8) is 0 Å². The molecule has 1 aliphatic carbocycles. The van der Waals surface area contributed by atoms with Crippen molar-refractivity contribution in [3.05, 3.63) is 65.0 Å². The number of sulfone groups is 1. The topological polar surface area (TPSA) is 66.4 Å². The summed E-state index contributed by atoms with van der Waals surface area (Å²) in [6.07, 6.45) is -0.0656. The lowest BCUT2D eigenvalue weighted by molar-refractivity contribution is -0.284. The molecule has 0 spiro atoms. The van der Waals surface area contributed by atoms with Crippen LogP contribution in [0, 0.1) is 5.82 Å². The van der Waals surface area contributed by atoms with Crippen LogP contribution in [0.25, 0.3) is 11.1 Å². The summed E-state index contributed by atoms with van der Waals surface area (Å²) in [6, 6.07) is 12.1. The molecule has 2 aromatic rings. The number of phenols is 1. The highest BCUT2D eigenvalue weighted by Gasteiger charge is 2.56. The summed E-state index contributed by atoms with van der Waals surface area (Å²) in [5, 5.41) is 13.3. The molecule has 1 atom stereocenters. The van der Waals surface area contributed by atoms with Crippen molar-refractivity contribution in [2.75, 3.05) is 18.1 Å². The van der Waals surface area contributed by atoms with E-state index in [0.717, 1.165) is 68.1 Å². The fourth-order valence-corrected chi connectivity index (χ4v) is 7.17. The summed E-state index contributed by atoms with van der Waals surface area (Å²) in [5.74, 6) is -5.38. The summed E-state index contributed by atoms with van der Waals surface area (Å²) < 4.78 is 101. The molecule has 11 heteroatoms. The first-order valence-electron chi connectivity index (χ1n) is 15.4. The first-order chi connectivity index (χ1) is 20.7. The van der Waals surface area contributed by atoms with Crippen LogP contribution < -0.4 is 5.32 Å². The van der Waals surface area contributed by atoms with E-state index in [1.807, 2.05) is 31.2 Å². The van der Waals surface area contributed by atoms with Crippen LogP contribution >= 0.6 is 0 Å². The van der Waals surface area contributed by atoms with Crippen LogP contribution in [-0.4, -0.2) is 49.7 Å². The number of alkyl halides is 5. The monoisotopic (exact) mass is 647 g/mol. The van der Waals surface area contributed by atoms with Crippen molar-refractivity contribution in [1.82, 2.24) is 5.32 Å². The number of aromatic hydroxyl groups is 1. The van der Waals surface area contributed by atoms with Gasteiger partial charge < -0.3 is 10.4 Å². The number of hydrogen-bond acceptors (Lipinski definition) is 4. The molecule has 1 aliphatic rings. The van der Waals surface area contributed by atoms with E-state index < -0.39 is 40.5 Å². The number of rotatable bonds is 17. The van der Waals surface area contributed by atoms with Gasteiger partial charge >= 0.3 is 12.1 Å². The van der Waals surface area contributed by atoms with Gasteiger partial charge in [0.2, 0.25) is 0 Å². The highest BCUT2D eigenvalue weighted by atomic mass is 32.2. The molecule has 0 aromatic heterocycles. The quantitative estimate of drug-likeness (QED) is 0.133. The first kappa shape index (κ1) is 35.9. The highest BCUT2D eigenvalue weighted by molar-refractivity contribution is 7.91. The Morgan fingerprint density at radius 2 is 1.59 bits per heavy atom. The van der Waals surface area contributed by atoms with Gasteiger partial charge in [-0.3, -0.25) is 0 Å². The van der Waals surface area contributed by atoms with Crippen LogP contribution in [0.4, 0.5) is 26.3 Å². The molecule has 1 unspecified atom stereocenters. The SMILES string of the molecule is CC(CCS(=O)(=O)CCCCC(F)(F)C(F)(F)F)NCCCCCCC1=C(c2ccc(F)cc2)CCCc2cc(O)ccc21. The number of unbranched alkanes of at least 4 members (excludes halogenated alkanes) is 4. The van der Waals surface area contributed by atoms with E-state index in [0.29, 0.717) is 13.0 Å². The van der Waals surface area contributed by atoms with E-state index in [9.17, 15) is 39.9 Å². The van der Waals surface area contributed by atoms with Gasteiger partial charge in [0.05, 0.1) is 11.5 Å². The third-order valence-electron chi connectivity index (χ3n) is 8.16. The fraction of sp³-hybridized carbons (Fsp3) is 0.576. The first-order valence-corrected chi connectivity index (χ1v) is 17.2. The summed E-state index contributed by atoms with van der Waals surface area (Å²) in [7, 11) is -3.54. The summed E-state index contributed by atoms with van der Waals surface area (Å²) in [6.45, 7) is 2.57. The average molecular weight is 648 g/mol. The minimum Gasteiger partial charge on any atom is -0.508 e. The van der Waals surface area contributed by atoms with Crippen LogP contribution in [0.3, 0.4) is 0 Å². The zero-order valence-corrected chi connectivity index (χ0v) is 26.0. The number of phenolic OH excluding ortho intramolecular Hbond substituents is 1. The van der Waals surface area contributed by atoms with Crippen LogP contribution in [0.15, 0.2) is 42.5 Å². The van der Waals surface area contributed by atoms with E-state index in [4.69, 9.17) is 0 Å². The van der Waals surface area contributed by atoms with Crippen molar-refractivity contribution < 1.29 is 39.9 Å². The zero-order chi connectivity index (χ0) is 32.4. The van der Waals surface area contributed by atoms with Gasteiger partial charge in [0.1, 0.15) is 21.4 Å². The zero-order valence-electron chi connectivity index (χ0n) is 25.2. The van der Waals surface area contributed by atoms with E-state index in [2.05, 4.69) is 5.32 Å². The predicted molar refractivity (Wildman–Crippen MR) is 163 cm³/mol. The summed E-state index contributed by atoms with van der Waals surface area (Å²) in [5.41, 5.74) is 5.75. The Balaban J connectivity index is 1.40. The molecule has 0 radical (unpaired) electrons. The van der Waals surface area contributed by atoms with Gasteiger partial charge in [0.15, 0.2) is 0 Å². The second kappa shape index (κ2) is 16.2. The van der Waals surface area contributed by atoms with Crippen molar-refractivity contribution in [2.45, 2.75) is 102 Å². The minimum absolute atomic E-state index is 0.0818. The lowest BCUT2D eigenvalue weighted by atomic mass is 9.89. The smallest absolute Gasteiger partial charge is 0.453 e. The Hall–Kier alpha value is -2.53. The molecule has 0 bridgehead atoms. The van der Waals surface area contributed by atoms with Crippen LogP contribution in [0.2, 0.25) is 0 Å². The van der Waals surface area contributed by atoms with E-state index in [1.54, 1.807) is 6.07 Å². The Morgan fingerprint density at radius 3 is 2.30 bits per heavy atom. The number of allylic oxidation sites excluding steroid dienone is 2. The molecule has 2 aromatic carbocycles. The van der Waals surface area contributed by atoms with Crippen LogP contribution in [0.5, 0.6) is 5.75 Å². The van der Waals surface area contributed by atoms with Gasteiger partial charge in [-0.2, -0.15) is 22.0 Å². The second-order valence-corrected chi connectivity index (χ2v) is 14.1. The Kier molecular flexibility index (Phi) is 13.2. The van der Waals surface area contributed by atoms with Gasteiger partial charge in [-0.15, -0.1) is 0 Å². The fourth-order valence-electron chi connectivity index (χ4n) is 5.61. The maximum atomic E-state index is 13.6. The molecule has 0 saturated carbocycles. The maximum Gasteiger partial charge on any atom is 0.453 e. The molecule has 246 valence electrons. The molecule has 0 aliphatic heterocycles. The molecule has 2 N–H and O–H groups in total. The third-order valence-corrected chi connectivity index (χ3v) is 9.93. The van der Waals surface area contributed by atoms with Gasteiger partial charge in [0.25, 0.3) is 0 Å². The third kappa shape index (κ3) is 11.1. The van der Waals surface area contributed by atoms with Crippen molar-refractivity contribution in [3.8, 4) is 5.75 Å². The average Bonchev–Trinajstić information content (AvgIpc) is 3.12. The van der Waals surface area contributed by atoms with E-state index in [-0.39, 0.29) is 29.8 Å². The lowest BCUT2D eigenvalue weighted by Gasteiger charge is -2.19. The van der Waals surface area contributed by atoms with Gasteiger partial charge in [0, 0.05) is 12.5 Å². The maximum absolute atomic E-state index is 13.6. The standard InChI is InChI=1S/C33H43F6NO3S/c1-24(18-22-44(42,43)21-7-5-19-32(35,36)33(37,38)39)40-20-6-3-2-4-10-31-29(25-12-14-27(34)15-13-25)11-8-9-26-23-28(41)16-17-30(26)31/h12-17,23-24,40-41H,2-11,18-22H2,1H3. The number of halogens is 6. The molecule has 0 fully saturated rings. The highest BCUT2D eigenvalue weighted by Crippen LogP contribution is 2.40. The van der Waals surface area contributed by atoms with Crippen molar-refractivity contribution in [2.24, 2.45) is 0 Å². The second-order valence-electron chi connectivity index (χ2n) is 11.8. The predicted octanol–water partition coefficient (Wildman–Crippen LogP) is 8.88. The van der Waals surface area contributed by atoms with Crippen LogP contribution in [0.1, 0.15) is 94.2 Å².